The fourth-order valence-electron chi connectivity index (χ4n) is 4.87. The quantitative estimate of drug-likeness (QED) is 0.357. The van der Waals surface area contributed by atoms with Crippen molar-refractivity contribution in [3.8, 4) is 0 Å². The van der Waals surface area contributed by atoms with Crippen LogP contribution in [0, 0.1) is 6.92 Å². The van der Waals surface area contributed by atoms with Crippen LogP contribution < -0.4 is 20.9 Å². The van der Waals surface area contributed by atoms with Crippen molar-refractivity contribution in [1.82, 2.24) is 10.3 Å². The molecule has 0 amide bonds. The first kappa shape index (κ1) is 24.3. The van der Waals surface area contributed by atoms with Crippen molar-refractivity contribution < 1.29 is 0 Å². The third-order valence-electron chi connectivity index (χ3n) is 6.76. The molecule has 0 unspecified atom stereocenters. The highest BCUT2D eigenvalue weighted by Gasteiger charge is 2.23. The number of hydrogen-bond donors (Lipinski definition) is 3. The number of fused-ring (bicyclic) bond motifs is 1. The number of nitrogens with zero attached hydrogens (tertiary/aromatic N) is 2. The second-order valence-electron chi connectivity index (χ2n) is 9.92. The van der Waals surface area contributed by atoms with E-state index in [4.69, 9.17) is 17.2 Å². The molecular weight excluding hydrogens is 438 g/mol. The highest BCUT2D eigenvalue weighted by Crippen LogP contribution is 2.30. The van der Waals surface area contributed by atoms with Gasteiger partial charge in [0.25, 0.3) is 0 Å². The fraction of sp³-hybridized carbons (Fsp3) is 0.429. The maximum Gasteiger partial charge on any atom is 0.171 e. The van der Waals surface area contributed by atoms with Crippen LogP contribution in [0.5, 0.6) is 0 Å². The number of hydrogen-bond acceptors (Lipinski definition) is 4. The summed E-state index contributed by atoms with van der Waals surface area (Å²) in [6, 6.07) is 17.8. The molecular formula is C28H37N5S. The monoisotopic (exact) mass is 475 g/mol. The van der Waals surface area contributed by atoms with Crippen LogP contribution in [0.1, 0.15) is 56.6 Å². The summed E-state index contributed by atoms with van der Waals surface area (Å²) < 4.78 is 0. The van der Waals surface area contributed by atoms with Crippen LogP contribution in [0.4, 0.5) is 17.2 Å². The Bertz CT molecular complexity index is 1150. The molecule has 180 valence electrons. The minimum Gasteiger partial charge on any atom is -0.377 e. The second-order valence-corrected chi connectivity index (χ2v) is 10.3. The smallest absolute Gasteiger partial charge is 0.171 e. The van der Waals surface area contributed by atoms with Gasteiger partial charge in [-0.2, -0.15) is 0 Å². The molecule has 5 nitrogen and oxygen atoms in total. The Kier molecular flexibility index (Phi) is 7.57. The highest BCUT2D eigenvalue weighted by molar-refractivity contribution is 7.80. The first-order valence-electron chi connectivity index (χ1n) is 12.3. The van der Waals surface area contributed by atoms with E-state index in [1.165, 1.54) is 22.2 Å². The van der Waals surface area contributed by atoms with Gasteiger partial charge in [0.05, 0.1) is 5.52 Å². The normalized spacial score (nSPS) is 18.1. The van der Waals surface area contributed by atoms with Gasteiger partial charge in [-0.25, -0.2) is 4.98 Å². The van der Waals surface area contributed by atoms with Crippen molar-refractivity contribution in [2.45, 2.75) is 64.5 Å². The number of anilines is 3. The minimum atomic E-state index is 0.395. The summed E-state index contributed by atoms with van der Waals surface area (Å²) in [6.07, 6.45) is 4.35. The van der Waals surface area contributed by atoms with Gasteiger partial charge in [-0.15, -0.1) is 0 Å². The molecule has 1 aliphatic carbocycles. The van der Waals surface area contributed by atoms with Crippen molar-refractivity contribution in [2.75, 3.05) is 29.6 Å². The summed E-state index contributed by atoms with van der Waals surface area (Å²) in [7, 11) is 4.17. The van der Waals surface area contributed by atoms with Gasteiger partial charge < -0.3 is 20.9 Å². The molecule has 0 aliphatic heterocycles. The van der Waals surface area contributed by atoms with Gasteiger partial charge in [0, 0.05) is 49.0 Å². The van der Waals surface area contributed by atoms with E-state index >= 15 is 0 Å². The summed E-state index contributed by atoms with van der Waals surface area (Å²) in [5.41, 5.74) is 5.89. The van der Waals surface area contributed by atoms with Crippen molar-refractivity contribution in [3.63, 3.8) is 0 Å². The van der Waals surface area contributed by atoms with E-state index in [9.17, 15) is 0 Å². The predicted molar refractivity (Wildman–Crippen MR) is 150 cm³/mol. The molecule has 0 atom stereocenters. The second kappa shape index (κ2) is 10.6. The number of rotatable bonds is 6. The Hall–Kier alpha value is -2.86. The summed E-state index contributed by atoms with van der Waals surface area (Å²) in [5.74, 6) is 1.40. The van der Waals surface area contributed by atoms with E-state index in [1.54, 1.807) is 0 Å². The number of pyridine rings is 1. The molecule has 1 heterocycles. The van der Waals surface area contributed by atoms with Crippen LogP contribution in [-0.2, 0) is 0 Å². The number of thiocarbonyl (C=S) groups is 1. The molecule has 0 bridgehead atoms. The molecule has 0 spiro atoms. The lowest BCUT2D eigenvalue weighted by Gasteiger charge is -2.31. The molecule has 1 fully saturated rings. The maximum absolute atomic E-state index is 5.69. The van der Waals surface area contributed by atoms with Crippen molar-refractivity contribution in [3.05, 3.63) is 59.7 Å². The summed E-state index contributed by atoms with van der Waals surface area (Å²) >= 11 is 5.69. The van der Waals surface area contributed by atoms with Crippen LogP contribution in [0.25, 0.3) is 10.9 Å². The first-order valence-corrected chi connectivity index (χ1v) is 12.7. The van der Waals surface area contributed by atoms with E-state index in [2.05, 4.69) is 98.2 Å². The molecule has 1 aromatic heterocycles. The third-order valence-corrected chi connectivity index (χ3v) is 6.98. The van der Waals surface area contributed by atoms with Crippen molar-refractivity contribution in [2.24, 2.45) is 0 Å². The van der Waals surface area contributed by atoms with E-state index in [0.29, 0.717) is 18.0 Å². The van der Waals surface area contributed by atoms with Gasteiger partial charge in [0.1, 0.15) is 5.82 Å². The largest absolute Gasteiger partial charge is 0.377 e. The summed E-state index contributed by atoms with van der Waals surface area (Å²) in [6.45, 7) is 6.57. The van der Waals surface area contributed by atoms with E-state index in [0.717, 1.165) is 47.8 Å². The fourth-order valence-corrected chi connectivity index (χ4v) is 5.14. The molecule has 1 aliphatic rings. The Morgan fingerprint density at radius 1 is 1.00 bits per heavy atom. The lowest BCUT2D eigenvalue weighted by atomic mass is 9.91. The SMILES string of the molecule is Cc1cccc(C(C)C)c1NC(=S)NC1CCC(Nc2cc(N(C)C)c3ccccc3n2)CC1. The van der Waals surface area contributed by atoms with E-state index < -0.39 is 0 Å². The zero-order valence-electron chi connectivity index (χ0n) is 21.0. The van der Waals surface area contributed by atoms with Gasteiger partial charge in [-0.3, -0.25) is 0 Å². The number of aryl methyl sites for hydroxylation is 1. The van der Waals surface area contributed by atoms with Gasteiger partial charge in [-0.1, -0.05) is 50.2 Å². The van der Waals surface area contributed by atoms with Gasteiger partial charge >= 0.3 is 0 Å². The van der Waals surface area contributed by atoms with Crippen LogP contribution in [0.2, 0.25) is 0 Å². The molecule has 6 heteroatoms. The molecule has 0 saturated heterocycles. The summed E-state index contributed by atoms with van der Waals surface area (Å²) in [5, 5.41) is 12.6. The predicted octanol–water partition coefficient (Wildman–Crippen LogP) is 6.44. The molecule has 34 heavy (non-hydrogen) atoms. The van der Waals surface area contributed by atoms with Crippen LogP contribution >= 0.6 is 12.2 Å². The third kappa shape index (κ3) is 5.61. The van der Waals surface area contributed by atoms with Gasteiger partial charge in [0.2, 0.25) is 0 Å². The summed E-state index contributed by atoms with van der Waals surface area (Å²) in [4.78, 5) is 7.03. The average molecular weight is 476 g/mol. The van der Waals surface area contributed by atoms with Crippen molar-refractivity contribution >= 4 is 45.4 Å². The number of benzene rings is 2. The lowest BCUT2D eigenvalue weighted by Crippen LogP contribution is -2.42. The maximum atomic E-state index is 5.69. The Morgan fingerprint density at radius 3 is 2.41 bits per heavy atom. The average Bonchev–Trinajstić information content (AvgIpc) is 2.81. The highest BCUT2D eigenvalue weighted by atomic mass is 32.1. The molecule has 4 rings (SSSR count). The topological polar surface area (TPSA) is 52.2 Å². The van der Waals surface area contributed by atoms with Crippen molar-refractivity contribution in [1.29, 1.82) is 0 Å². The zero-order chi connectivity index (χ0) is 24.2. The van der Waals surface area contributed by atoms with E-state index in [-0.39, 0.29) is 0 Å². The lowest BCUT2D eigenvalue weighted by molar-refractivity contribution is 0.388. The molecule has 1 saturated carbocycles. The number of para-hydroxylation sites is 2. The number of aromatic nitrogens is 1. The molecule has 0 radical (unpaired) electrons. The molecule has 3 N–H and O–H groups in total. The first-order chi connectivity index (χ1) is 16.3. The van der Waals surface area contributed by atoms with Gasteiger partial charge in [0.15, 0.2) is 5.11 Å². The standard InChI is InChI=1S/C28H37N5S/c1-18(2)22-11-8-9-19(3)27(22)32-28(34)30-21-15-13-20(14-16-21)29-26-17-25(33(4)5)23-10-6-7-12-24(23)31-26/h6-12,17-18,20-21H,13-16H2,1-5H3,(H,29,31)(H2,30,32,34). The van der Waals surface area contributed by atoms with Crippen LogP contribution in [0.15, 0.2) is 48.5 Å². The zero-order valence-corrected chi connectivity index (χ0v) is 21.8. The van der Waals surface area contributed by atoms with Gasteiger partial charge in [-0.05, 0) is 67.9 Å². The molecule has 3 aromatic rings. The number of nitrogens with one attached hydrogen (secondary N) is 3. The van der Waals surface area contributed by atoms with E-state index in [1.807, 2.05) is 6.07 Å². The Balaban J connectivity index is 1.34. The van der Waals surface area contributed by atoms with Crippen LogP contribution in [0.3, 0.4) is 0 Å². The molecule has 2 aromatic carbocycles. The Morgan fingerprint density at radius 2 is 1.71 bits per heavy atom. The Labute approximate surface area is 209 Å². The van der Waals surface area contributed by atoms with Crippen LogP contribution in [-0.4, -0.2) is 36.3 Å². The minimum absolute atomic E-state index is 0.395.